The van der Waals surface area contributed by atoms with Crippen molar-refractivity contribution in [3.05, 3.63) is 29.8 Å². The first kappa shape index (κ1) is 15.0. The second-order valence-corrected chi connectivity index (χ2v) is 6.51. The minimum absolute atomic E-state index is 0.217. The molecular weight excluding hydrogens is 256 g/mol. The van der Waals surface area contributed by atoms with Gasteiger partial charge < -0.3 is 19.0 Å². The third-order valence-electron chi connectivity index (χ3n) is 2.99. The molecule has 0 saturated carbocycles. The van der Waals surface area contributed by atoms with Gasteiger partial charge in [-0.1, -0.05) is 12.1 Å². The highest BCUT2D eigenvalue weighted by molar-refractivity contribution is 5.59. The maximum Gasteiger partial charge on any atom is 0.183 e. The van der Waals surface area contributed by atoms with Gasteiger partial charge >= 0.3 is 0 Å². The molecule has 110 valence electrons. The molecule has 1 aliphatic heterocycles. The van der Waals surface area contributed by atoms with Crippen molar-refractivity contribution in [2.75, 3.05) is 13.2 Å². The van der Waals surface area contributed by atoms with Gasteiger partial charge in [-0.2, -0.15) is 0 Å². The monoisotopic (exact) mass is 278 g/mol. The predicted molar refractivity (Wildman–Crippen MR) is 75.6 cm³/mol. The molecule has 0 radical (unpaired) electrons. The van der Waals surface area contributed by atoms with E-state index in [1.165, 1.54) is 0 Å². The van der Waals surface area contributed by atoms with E-state index in [0.717, 1.165) is 17.6 Å². The molecule has 0 unspecified atom stereocenters. The highest BCUT2D eigenvalue weighted by Crippen LogP contribution is 2.31. The number of hydrogen-bond acceptors (Lipinski definition) is 4. The fourth-order valence-corrected chi connectivity index (χ4v) is 1.93. The molecule has 0 atom stereocenters. The van der Waals surface area contributed by atoms with E-state index in [-0.39, 0.29) is 5.60 Å². The van der Waals surface area contributed by atoms with E-state index in [2.05, 4.69) is 0 Å². The number of rotatable bonds is 3. The van der Waals surface area contributed by atoms with Crippen LogP contribution in [0.1, 0.15) is 39.5 Å². The summed E-state index contributed by atoms with van der Waals surface area (Å²) in [6.07, 6.45) is 0.482. The molecule has 0 spiro atoms. The molecule has 0 aliphatic carbocycles. The van der Waals surface area contributed by atoms with Crippen LogP contribution in [-0.4, -0.2) is 25.1 Å². The fraction of sp³-hybridized carbons (Fsp3) is 0.562. The molecule has 1 aromatic rings. The lowest BCUT2D eigenvalue weighted by molar-refractivity contribution is -0.223. The van der Waals surface area contributed by atoms with Gasteiger partial charge in [0.25, 0.3) is 0 Å². The SMILES string of the molecule is CC1(C=O)COC(c2ccc(OC(C)(C)C)cc2)OC1. The molecule has 0 N–H and O–H groups in total. The van der Waals surface area contributed by atoms with Gasteiger partial charge in [0.1, 0.15) is 17.6 Å². The van der Waals surface area contributed by atoms with Crippen LogP contribution in [-0.2, 0) is 14.3 Å². The average molecular weight is 278 g/mol. The Hall–Kier alpha value is -1.39. The van der Waals surface area contributed by atoms with Crippen LogP contribution in [0.25, 0.3) is 0 Å². The molecule has 1 heterocycles. The van der Waals surface area contributed by atoms with Crippen LogP contribution in [0.15, 0.2) is 24.3 Å². The quantitative estimate of drug-likeness (QED) is 0.797. The molecule has 0 aromatic heterocycles. The molecule has 2 rings (SSSR count). The normalized spacial score (nSPS) is 27.1. The minimum Gasteiger partial charge on any atom is -0.488 e. The summed E-state index contributed by atoms with van der Waals surface area (Å²) in [6, 6.07) is 7.66. The van der Waals surface area contributed by atoms with Crippen LogP contribution in [0.2, 0.25) is 0 Å². The van der Waals surface area contributed by atoms with Crippen molar-refractivity contribution in [1.29, 1.82) is 0 Å². The third kappa shape index (κ3) is 3.81. The number of ether oxygens (including phenoxy) is 3. The summed E-state index contributed by atoms with van der Waals surface area (Å²) in [5, 5.41) is 0. The Morgan fingerprint density at radius 3 is 2.20 bits per heavy atom. The number of aldehydes is 1. The molecular formula is C16H22O4. The molecule has 4 heteroatoms. The number of carbonyl (C=O) groups is 1. The lowest BCUT2D eigenvalue weighted by Crippen LogP contribution is -2.37. The number of carbonyl (C=O) groups excluding carboxylic acids is 1. The maximum absolute atomic E-state index is 10.9. The molecule has 1 fully saturated rings. The Morgan fingerprint density at radius 2 is 1.75 bits per heavy atom. The lowest BCUT2D eigenvalue weighted by atomic mass is 9.94. The van der Waals surface area contributed by atoms with Crippen molar-refractivity contribution in [3.63, 3.8) is 0 Å². The molecule has 0 bridgehead atoms. The lowest BCUT2D eigenvalue weighted by Gasteiger charge is -2.33. The number of hydrogen-bond donors (Lipinski definition) is 0. The van der Waals surface area contributed by atoms with Crippen LogP contribution < -0.4 is 4.74 Å². The van der Waals surface area contributed by atoms with E-state index in [0.29, 0.717) is 13.2 Å². The first-order valence-electron chi connectivity index (χ1n) is 6.80. The topological polar surface area (TPSA) is 44.8 Å². The van der Waals surface area contributed by atoms with E-state index in [9.17, 15) is 4.79 Å². The zero-order chi connectivity index (χ0) is 14.8. The molecule has 1 aliphatic rings. The zero-order valence-corrected chi connectivity index (χ0v) is 12.5. The second kappa shape index (κ2) is 5.54. The van der Waals surface area contributed by atoms with Gasteiger partial charge in [0.05, 0.1) is 18.6 Å². The standard InChI is InChI=1S/C16H22O4/c1-15(2,3)20-13-7-5-12(6-8-13)14-18-10-16(4,9-17)11-19-14/h5-9,14H,10-11H2,1-4H3. The summed E-state index contributed by atoms with van der Waals surface area (Å²) in [5.41, 5.74) is 0.177. The van der Waals surface area contributed by atoms with Crippen molar-refractivity contribution in [2.45, 2.75) is 39.6 Å². The van der Waals surface area contributed by atoms with E-state index >= 15 is 0 Å². The first-order chi connectivity index (χ1) is 9.31. The van der Waals surface area contributed by atoms with Gasteiger partial charge in [0.15, 0.2) is 6.29 Å². The van der Waals surface area contributed by atoms with Gasteiger partial charge in [-0.25, -0.2) is 0 Å². The zero-order valence-electron chi connectivity index (χ0n) is 12.5. The smallest absolute Gasteiger partial charge is 0.183 e. The summed E-state index contributed by atoms with van der Waals surface area (Å²) in [6.45, 7) is 8.61. The third-order valence-corrected chi connectivity index (χ3v) is 2.99. The first-order valence-corrected chi connectivity index (χ1v) is 6.80. The average Bonchev–Trinajstić information content (AvgIpc) is 2.39. The van der Waals surface area contributed by atoms with Gasteiger partial charge in [-0.05, 0) is 39.8 Å². The maximum atomic E-state index is 10.9. The number of benzene rings is 1. The Bertz CT molecular complexity index is 450. The highest BCUT2D eigenvalue weighted by Gasteiger charge is 2.33. The summed E-state index contributed by atoms with van der Waals surface area (Å²) in [7, 11) is 0. The van der Waals surface area contributed by atoms with Crippen LogP contribution in [0.3, 0.4) is 0 Å². The van der Waals surface area contributed by atoms with Gasteiger partial charge in [0.2, 0.25) is 0 Å². The van der Waals surface area contributed by atoms with E-state index < -0.39 is 11.7 Å². The fourth-order valence-electron chi connectivity index (χ4n) is 1.93. The Morgan fingerprint density at radius 1 is 1.20 bits per heavy atom. The van der Waals surface area contributed by atoms with Crippen LogP contribution in [0.5, 0.6) is 5.75 Å². The Balaban J connectivity index is 1.99. The van der Waals surface area contributed by atoms with Gasteiger partial charge in [0, 0.05) is 5.56 Å². The van der Waals surface area contributed by atoms with Crippen molar-refractivity contribution >= 4 is 6.29 Å². The van der Waals surface area contributed by atoms with Crippen molar-refractivity contribution in [2.24, 2.45) is 5.41 Å². The Labute approximate surface area is 120 Å². The minimum atomic E-state index is -0.536. The van der Waals surface area contributed by atoms with Crippen molar-refractivity contribution in [3.8, 4) is 5.75 Å². The van der Waals surface area contributed by atoms with Crippen molar-refractivity contribution in [1.82, 2.24) is 0 Å². The van der Waals surface area contributed by atoms with Gasteiger partial charge in [-0.15, -0.1) is 0 Å². The Kier molecular flexibility index (Phi) is 4.16. The largest absolute Gasteiger partial charge is 0.488 e. The molecule has 20 heavy (non-hydrogen) atoms. The second-order valence-electron chi connectivity index (χ2n) is 6.51. The van der Waals surface area contributed by atoms with Crippen molar-refractivity contribution < 1.29 is 19.0 Å². The summed E-state index contributed by atoms with van der Waals surface area (Å²) < 4.78 is 17.0. The molecule has 1 aromatic carbocycles. The molecule has 1 saturated heterocycles. The van der Waals surface area contributed by atoms with Crippen LogP contribution in [0.4, 0.5) is 0 Å². The molecule has 0 amide bonds. The summed E-state index contributed by atoms with van der Waals surface area (Å²) in [4.78, 5) is 10.9. The highest BCUT2D eigenvalue weighted by atomic mass is 16.7. The van der Waals surface area contributed by atoms with Crippen LogP contribution >= 0.6 is 0 Å². The predicted octanol–water partition coefficient (Wildman–Crippen LogP) is 3.11. The van der Waals surface area contributed by atoms with E-state index in [1.54, 1.807) is 0 Å². The van der Waals surface area contributed by atoms with Crippen LogP contribution in [0, 0.1) is 5.41 Å². The molecule has 4 nitrogen and oxygen atoms in total. The summed E-state index contributed by atoms with van der Waals surface area (Å²) >= 11 is 0. The van der Waals surface area contributed by atoms with E-state index in [4.69, 9.17) is 14.2 Å². The summed E-state index contributed by atoms with van der Waals surface area (Å²) in [5.74, 6) is 0.815. The van der Waals surface area contributed by atoms with E-state index in [1.807, 2.05) is 52.0 Å². The van der Waals surface area contributed by atoms with Gasteiger partial charge in [-0.3, -0.25) is 0 Å².